The van der Waals surface area contributed by atoms with Crippen LogP contribution in [0.2, 0.25) is 0 Å². The molecule has 0 unspecified atom stereocenters. The van der Waals surface area contributed by atoms with E-state index in [2.05, 4.69) is 10.6 Å². The first-order valence-corrected chi connectivity index (χ1v) is 9.74. The Morgan fingerprint density at radius 1 is 1.16 bits per heavy atom. The zero-order chi connectivity index (χ0) is 18.5. The summed E-state index contributed by atoms with van der Waals surface area (Å²) in [6.07, 6.45) is 1.36. The fraction of sp³-hybridized carbons (Fsp3) is 0.579. The van der Waals surface area contributed by atoms with E-state index in [0.29, 0.717) is 12.8 Å². The van der Waals surface area contributed by atoms with E-state index in [0.717, 1.165) is 17.1 Å². The van der Waals surface area contributed by atoms with Crippen molar-refractivity contribution in [2.75, 3.05) is 18.6 Å². The highest BCUT2D eigenvalue weighted by atomic mass is 32.2. The van der Waals surface area contributed by atoms with Gasteiger partial charge in [0.05, 0.1) is 7.11 Å². The normalized spacial score (nSPS) is 18.2. The Labute approximate surface area is 154 Å². The van der Waals surface area contributed by atoms with Crippen LogP contribution >= 0.6 is 11.8 Å². The summed E-state index contributed by atoms with van der Waals surface area (Å²) in [7, 11) is 1.37. The Balaban J connectivity index is 2.32. The van der Waals surface area contributed by atoms with E-state index in [-0.39, 0.29) is 17.4 Å². The topological polar surface area (TPSA) is 67.4 Å². The van der Waals surface area contributed by atoms with Crippen molar-refractivity contribution in [3.63, 3.8) is 0 Å². The molecule has 0 spiro atoms. The molecule has 0 radical (unpaired) electrons. The average Bonchev–Trinajstić information content (AvgIpc) is 2.59. The predicted octanol–water partition coefficient (Wildman–Crippen LogP) is 2.67. The van der Waals surface area contributed by atoms with Gasteiger partial charge < -0.3 is 10.1 Å². The summed E-state index contributed by atoms with van der Waals surface area (Å²) >= 11 is 1.83. The molecule has 2 N–H and O–H groups in total. The molecule has 2 rings (SSSR count). The van der Waals surface area contributed by atoms with Gasteiger partial charge in [0.25, 0.3) is 0 Å². The number of nitrogens with one attached hydrogen (secondary N) is 2. The van der Waals surface area contributed by atoms with Crippen LogP contribution in [0, 0.1) is 0 Å². The average molecular weight is 365 g/mol. The van der Waals surface area contributed by atoms with Crippen molar-refractivity contribution < 1.29 is 14.3 Å². The largest absolute Gasteiger partial charge is 0.468 e. The molecule has 1 fully saturated rings. The molecule has 1 saturated heterocycles. The minimum Gasteiger partial charge on any atom is -0.468 e. The molecule has 1 amide bonds. The maximum Gasteiger partial charge on any atom is 0.327 e. The van der Waals surface area contributed by atoms with Gasteiger partial charge in [-0.3, -0.25) is 10.1 Å². The Bertz CT molecular complexity index is 592. The predicted molar refractivity (Wildman–Crippen MR) is 102 cm³/mol. The molecule has 0 aliphatic carbocycles. The highest BCUT2D eigenvalue weighted by Crippen LogP contribution is 2.31. The number of methoxy groups -OCH3 is 1. The molecule has 1 heterocycles. The molecule has 0 saturated carbocycles. The van der Waals surface area contributed by atoms with Crippen LogP contribution in [-0.2, 0) is 14.3 Å². The molecule has 1 aliphatic rings. The Morgan fingerprint density at radius 2 is 1.76 bits per heavy atom. The zero-order valence-corrected chi connectivity index (χ0v) is 16.2. The lowest BCUT2D eigenvalue weighted by molar-refractivity contribution is -0.144. The van der Waals surface area contributed by atoms with Crippen molar-refractivity contribution in [3.05, 3.63) is 35.9 Å². The standard InChI is InChI=1S/C19H28N2O3S/c1-18(2,3)21-17(23)19(10-12-25-13-11-19)20-15(16(22)24-4)14-8-6-5-7-9-14/h5-9,15,20H,10-13H2,1-4H3,(H,21,23)/t15-/m0/s1. The molecule has 0 aromatic heterocycles. The van der Waals surface area contributed by atoms with Crippen LogP contribution in [0.25, 0.3) is 0 Å². The van der Waals surface area contributed by atoms with Crippen molar-refractivity contribution in [1.29, 1.82) is 0 Å². The number of ether oxygens (including phenoxy) is 1. The van der Waals surface area contributed by atoms with Crippen LogP contribution in [-0.4, -0.2) is 41.6 Å². The van der Waals surface area contributed by atoms with Crippen molar-refractivity contribution in [2.24, 2.45) is 0 Å². The smallest absolute Gasteiger partial charge is 0.327 e. The third-order valence-electron chi connectivity index (χ3n) is 4.26. The number of carbonyl (C=O) groups is 2. The minimum atomic E-state index is -0.771. The molecule has 5 nitrogen and oxygen atoms in total. The van der Waals surface area contributed by atoms with Crippen LogP contribution in [0.15, 0.2) is 30.3 Å². The lowest BCUT2D eigenvalue weighted by Gasteiger charge is -2.40. The van der Waals surface area contributed by atoms with Crippen molar-refractivity contribution in [3.8, 4) is 0 Å². The second-order valence-electron chi connectivity index (χ2n) is 7.41. The number of rotatable bonds is 5. The third-order valence-corrected chi connectivity index (χ3v) is 5.25. The van der Waals surface area contributed by atoms with E-state index in [1.807, 2.05) is 62.9 Å². The lowest BCUT2D eigenvalue weighted by atomic mass is 9.87. The Kier molecular flexibility index (Phi) is 6.52. The monoisotopic (exact) mass is 364 g/mol. The van der Waals surface area contributed by atoms with E-state index in [1.54, 1.807) is 0 Å². The number of benzene rings is 1. The van der Waals surface area contributed by atoms with Gasteiger partial charge in [0, 0.05) is 5.54 Å². The summed E-state index contributed by atoms with van der Waals surface area (Å²) in [5.74, 6) is 1.33. The number of amides is 1. The summed E-state index contributed by atoms with van der Waals surface area (Å²) in [5, 5.41) is 6.44. The Morgan fingerprint density at radius 3 is 2.28 bits per heavy atom. The van der Waals surface area contributed by atoms with Gasteiger partial charge >= 0.3 is 5.97 Å². The first-order valence-electron chi connectivity index (χ1n) is 8.58. The summed E-state index contributed by atoms with van der Waals surface area (Å²) in [5.41, 5.74) is -0.299. The first kappa shape index (κ1) is 19.8. The first-order chi connectivity index (χ1) is 11.8. The number of carbonyl (C=O) groups excluding carboxylic acids is 2. The van der Waals surface area contributed by atoms with E-state index in [4.69, 9.17) is 4.74 Å². The number of hydrogen-bond acceptors (Lipinski definition) is 5. The molecular formula is C19H28N2O3S. The fourth-order valence-corrected chi connectivity index (χ4v) is 4.12. The van der Waals surface area contributed by atoms with Gasteiger partial charge in [-0.05, 0) is 50.7 Å². The Hall–Kier alpha value is -1.53. The number of hydrogen-bond donors (Lipinski definition) is 2. The van der Waals surface area contributed by atoms with Gasteiger partial charge in [-0.25, -0.2) is 4.79 Å². The molecule has 0 bridgehead atoms. The van der Waals surface area contributed by atoms with E-state index in [9.17, 15) is 9.59 Å². The molecular weight excluding hydrogens is 336 g/mol. The summed E-state index contributed by atoms with van der Waals surface area (Å²) < 4.78 is 5.00. The minimum absolute atomic E-state index is 0.0508. The van der Waals surface area contributed by atoms with E-state index in [1.165, 1.54) is 7.11 Å². The van der Waals surface area contributed by atoms with Gasteiger partial charge in [0.1, 0.15) is 11.6 Å². The van der Waals surface area contributed by atoms with Crippen LogP contribution in [0.1, 0.15) is 45.2 Å². The van der Waals surface area contributed by atoms with Crippen molar-refractivity contribution >= 4 is 23.6 Å². The molecule has 138 valence electrons. The molecule has 6 heteroatoms. The van der Waals surface area contributed by atoms with Crippen LogP contribution in [0.4, 0.5) is 0 Å². The third kappa shape index (κ3) is 5.22. The molecule has 1 aromatic rings. The lowest BCUT2D eigenvalue weighted by Crippen LogP contribution is -2.63. The van der Waals surface area contributed by atoms with Gasteiger partial charge in [-0.1, -0.05) is 30.3 Å². The van der Waals surface area contributed by atoms with Gasteiger partial charge in [0.15, 0.2) is 0 Å². The van der Waals surface area contributed by atoms with Gasteiger partial charge in [-0.2, -0.15) is 11.8 Å². The van der Waals surface area contributed by atoms with Gasteiger partial charge in [0.2, 0.25) is 5.91 Å². The van der Waals surface area contributed by atoms with Crippen LogP contribution in [0.5, 0.6) is 0 Å². The van der Waals surface area contributed by atoms with Crippen LogP contribution in [0.3, 0.4) is 0 Å². The maximum absolute atomic E-state index is 13.1. The van der Waals surface area contributed by atoms with Crippen molar-refractivity contribution in [2.45, 2.75) is 50.7 Å². The highest BCUT2D eigenvalue weighted by molar-refractivity contribution is 7.99. The van der Waals surface area contributed by atoms with Crippen molar-refractivity contribution in [1.82, 2.24) is 10.6 Å². The van der Waals surface area contributed by atoms with Gasteiger partial charge in [-0.15, -0.1) is 0 Å². The van der Waals surface area contributed by atoms with E-state index < -0.39 is 11.6 Å². The fourth-order valence-electron chi connectivity index (χ4n) is 2.94. The van der Waals surface area contributed by atoms with Crippen LogP contribution < -0.4 is 10.6 Å². The molecule has 1 aromatic carbocycles. The molecule has 25 heavy (non-hydrogen) atoms. The zero-order valence-electron chi connectivity index (χ0n) is 15.4. The maximum atomic E-state index is 13.1. The molecule has 1 atom stereocenters. The number of thioether (sulfide) groups is 1. The second-order valence-corrected chi connectivity index (χ2v) is 8.63. The quantitative estimate of drug-likeness (QED) is 0.786. The SMILES string of the molecule is COC(=O)[C@@H](NC1(C(=O)NC(C)(C)C)CCSCC1)c1ccccc1. The second kappa shape index (κ2) is 8.23. The number of esters is 1. The summed E-state index contributed by atoms with van der Waals surface area (Å²) in [6, 6.07) is 8.75. The van der Waals surface area contributed by atoms with E-state index >= 15 is 0 Å². The summed E-state index contributed by atoms with van der Waals surface area (Å²) in [6.45, 7) is 5.89. The molecule has 1 aliphatic heterocycles. The summed E-state index contributed by atoms with van der Waals surface area (Å²) in [4.78, 5) is 25.5. The highest BCUT2D eigenvalue weighted by Gasteiger charge is 2.44.